The van der Waals surface area contributed by atoms with Crippen molar-refractivity contribution in [1.82, 2.24) is 14.9 Å². The van der Waals surface area contributed by atoms with Crippen LogP contribution in [0.15, 0.2) is 29.2 Å². The van der Waals surface area contributed by atoms with Crippen LogP contribution in [0.5, 0.6) is 0 Å². The Kier molecular flexibility index (Phi) is 6.56. The van der Waals surface area contributed by atoms with Crippen molar-refractivity contribution < 1.29 is 13.2 Å². The summed E-state index contributed by atoms with van der Waals surface area (Å²) < 4.78 is 26.9. The van der Waals surface area contributed by atoms with Crippen LogP contribution in [-0.2, 0) is 21.4 Å². The average Bonchev–Trinajstić information content (AvgIpc) is 2.59. The van der Waals surface area contributed by atoms with Gasteiger partial charge in [-0.15, -0.1) is 0 Å². The predicted octanol–water partition coefficient (Wildman–Crippen LogP) is 1.09. The predicted molar refractivity (Wildman–Crippen MR) is 89.4 cm³/mol. The second-order valence-corrected chi connectivity index (χ2v) is 7.68. The zero-order valence-corrected chi connectivity index (χ0v) is 14.4. The fourth-order valence-electron chi connectivity index (χ4n) is 2.60. The van der Waals surface area contributed by atoms with Crippen LogP contribution in [0, 0.1) is 0 Å². The van der Waals surface area contributed by atoms with Gasteiger partial charge in [0, 0.05) is 32.6 Å². The summed E-state index contributed by atoms with van der Waals surface area (Å²) in [5, 5.41) is 5.72. The summed E-state index contributed by atoms with van der Waals surface area (Å²) in [5.41, 5.74) is 0.792. The lowest BCUT2D eigenvalue weighted by Crippen LogP contribution is -2.35. The molecule has 2 rings (SSSR count). The smallest absolute Gasteiger partial charge is 0.243 e. The van der Waals surface area contributed by atoms with Gasteiger partial charge in [-0.3, -0.25) is 4.79 Å². The first-order valence-electron chi connectivity index (χ1n) is 8.04. The molecular formula is C16H25N3O3S. The molecular weight excluding hydrogens is 314 g/mol. The Morgan fingerprint density at radius 3 is 2.65 bits per heavy atom. The standard InChI is InChI=1S/C16H25N3O3S/c1-17-9-8-16(20)18-13-14-6-5-7-15(12-14)23(21,22)19-10-3-2-4-11-19/h5-7,12,17H,2-4,8-11,13H2,1H3,(H,18,20). The fraction of sp³-hybridized carbons (Fsp3) is 0.562. The molecule has 6 nitrogen and oxygen atoms in total. The molecule has 0 bridgehead atoms. The molecule has 0 spiro atoms. The van der Waals surface area contributed by atoms with Gasteiger partial charge >= 0.3 is 0 Å². The van der Waals surface area contributed by atoms with E-state index in [0.29, 0.717) is 37.5 Å². The van der Waals surface area contributed by atoms with Crippen molar-refractivity contribution in [2.45, 2.75) is 37.1 Å². The van der Waals surface area contributed by atoms with E-state index in [9.17, 15) is 13.2 Å². The number of carbonyl (C=O) groups is 1. The minimum absolute atomic E-state index is 0.0522. The van der Waals surface area contributed by atoms with E-state index in [1.54, 1.807) is 29.6 Å². The maximum absolute atomic E-state index is 12.6. The maximum Gasteiger partial charge on any atom is 0.243 e. The number of hydrogen-bond donors (Lipinski definition) is 2. The third-order valence-corrected chi connectivity index (χ3v) is 5.84. The quantitative estimate of drug-likeness (QED) is 0.779. The number of benzene rings is 1. The van der Waals surface area contributed by atoms with Crippen LogP contribution in [0.1, 0.15) is 31.2 Å². The van der Waals surface area contributed by atoms with Gasteiger partial charge in [0.2, 0.25) is 15.9 Å². The number of nitrogens with zero attached hydrogens (tertiary/aromatic N) is 1. The summed E-state index contributed by atoms with van der Waals surface area (Å²) in [5.74, 6) is -0.0522. The van der Waals surface area contributed by atoms with E-state index in [2.05, 4.69) is 10.6 Å². The van der Waals surface area contributed by atoms with Gasteiger partial charge in [0.1, 0.15) is 0 Å². The first-order chi connectivity index (χ1) is 11.0. The third-order valence-electron chi connectivity index (χ3n) is 3.94. The van der Waals surface area contributed by atoms with Crippen molar-refractivity contribution in [1.29, 1.82) is 0 Å². The molecule has 1 saturated heterocycles. The molecule has 0 aromatic heterocycles. The Hall–Kier alpha value is -1.44. The van der Waals surface area contributed by atoms with Crippen molar-refractivity contribution in [3.8, 4) is 0 Å². The van der Waals surface area contributed by atoms with Crippen molar-refractivity contribution in [3.05, 3.63) is 29.8 Å². The molecule has 2 N–H and O–H groups in total. The van der Waals surface area contributed by atoms with Crippen molar-refractivity contribution in [3.63, 3.8) is 0 Å². The first-order valence-corrected chi connectivity index (χ1v) is 9.48. The van der Waals surface area contributed by atoms with Gasteiger partial charge in [-0.1, -0.05) is 18.6 Å². The van der Waals surface area contributed by atoms with Gasteiger partial charge in [0.15, 0.2) is 0 Å². The van der Waals surface area contributed by atoms with E-state index >= 15 is 0 Å². The molecule has 1 aliphatic rings. The molecule has 0 radical (unpaired) electrons. The molecule has 1 fully saturated rings. The molecule has 0 saturated carbocycles. The van der Waals surface area contributed by atoms with Crippen LogP contribution >= 0.6 is 0 Å². The second-order valence-electron chi connectivity index (χ2n) is 5.74. The van der Waals surface area contributed by atoms with E-state index in [1.165, 1.54) is 0 Å². The van der Waals surface area contributed by atoms with Crippen LogP contribution in [0.25, 0.3) is 0 Å². The first kappa shape index (κ1) is 17.9. The average molecular weight is 339 g/mol. The minimum atomic E-state index is -3.43. The van der Waals surface area contributed by atoms with E-state index in [-0.39, 0.29) is 5.91 Å². The van der Waals surface area contributed by atoms with E-state index in [1.807, 2.05) is 6.07 Å². The Morgan fingerprint density at radius 1 is 1.22 bits per heavy atom. The summed E-state index contributed by atoms with van der Waals surface area (Å²) in [6.45, 7) is 2.14. The van der Waals surface area contributed by atoms with Gasteiger partial charge in [0.25, 0.3) is 0 Å². The van der Waals surface area contributed by atoms with Crippen molar-refractivity contribution >= 4 is 15.9 Å². The lowest BCUT2D eigenvalue weighted by atomic mass is 10.2. The van der Waals surface area contributed by atoms with Gasteiger partial charge in [-0.2, -0.15) is 4.31 Å². The summed E-state index contributed by atoms with van der Waals surface area (Å²) in [7, 11) is -1.63. The van der Waals surface area contributed by atoms with Gasteiger partial charge in [-0.25, -0.2) is 8.42 Å². The number of piperidine rings is 1. The molecule has 1 aromatic carbocycles. The topological polar surface area (TPSA) is 78.5 Å². The molecule has 1 amide bonds. The van der Waals surface area contributed by atoms with Crippen LogP contribution in [-0.4, -0.2) is 45.3 Å². The molecule has 7 heteroatoms. The fourth-order valence-corrected chi connectivity index (χ4v) is 4.19. The number of amides is 1. The van der Waals surface area contributed by atoms with Crippen LogP contribution in [0.3, 0.4) is 0 Å². The molecule has 0 aliphatic carbocycles. The Morgan fingerprint density at radius 2 is 1.96 bits per heavy atom. The zero-order chi connectivity index (χ0) is 16.7. The number of nitrogens with one attached hydrogen (secondary N) is 2. The third kappa shape index (κ3) is 5.02. The van der Waals surface area contributed by atoms with Crippen LogP contribution in [0.4, 0.5) is 0 Å². The number of carbonyl (C=O) groups excluding carboxylic acids is 1. The van der Waals surface area contributed by atoms with Gasteiger partial charge in [-0.05, 0) is 37.6 Å². The highest BCUT2D eigenvalue weighted by molar-refractivity contribution is 7.89. The van der Waals surface area contributed by atoms with Gasteiger partial charge in [0.05, 0.1) is 4.90 Å². The second kappa shape index (κ2) is 8.42. The molecule has 0 unspecified atom stereocenters. The van der Waals surface area contributed by atoms with Crippen LogP contribution in [0.2, 0.25) is 0 Å². The minimum Gasteiger partial charge on any atom is -0.352 e. The SMILES string of the molecule is CNCCC(=O)NCc1cccc(S(=O)(=O)N2CCCCC2)c1. The number of rotatable bonds is 7. The van der Waals surface area contributed by atoms with E-state index in [4.69, 9.17) is 0 Å². The highest BCUT2D eigenvalue weighted by Gasteiger charge is 2.25. The summed E-state index contributed by atoms with van der Waals surface area (Å²) in [4.78, 5) is 11.9. The molecule has 1 aliphatic heterocycles. The molecule has 1 aromatic rings. The number of hydrogen-bond acceptors (Lipinski definition) is 4. The molecule has 1 heterocycles. The lowest BCUT2D eigenvalue weighted by Gasteiger charge is -2.26. The Balaban J connectivity index is 2.02. The summed E-state index contributed by atoms with van der Waals surface area (Å²) >= 11 is 0. The van der Waals surface area contributed by atoms with Gasteiger partial charge < -0.3 is 10.6 Å². The normalized spacial score (nSPS) is 16.2. The molecule has 0 atom stereocenters. The Labute approximate surface area is 138 Å². The highest BCUT2D eigenvalue weighted by Crippen LogP contribution is 2.21. The molecule has 128 valence electrons. The monoisotopic (exact) mass is 339 g/mol. The summed E-state index contributed by atoms with van der Waals surface area (Å²) in [6, 6.07) is 6.83. The molecule has 23 heavy (non-hydrogen) atoms. The summed E-state index contributed by atoms with van der Waals surface area (Å²) in [6.07, 6.45) is 3.33. The largest absolute Gasteiger partial charge is 0.352 e. The zero-order valence-electron chi connectivity index (χ0n) is 13.5. The van der Waals surface area contributed by atoms with Crippen molar-refractivity contribution in [2.75, 3.05) is 26.7 Å². The number of sulfonamides is 1. The van der Waals surface area contributed by atoms with Crippen molar-refractivity contribution in [2.24, 2.45) is 0 Å². The Bertz CT molecular complexity index is 625. The van der Waals surface area contributed by atoms with Crippen LogP contribution < -0.4 is 10.6 Å². The lowest BCUT2D eigenvalue weighted by molar-refractivity contribution is -0.121. The highest BCUT2D eigenvalue weighted by atomic mass is 32.2. The maximum atomic E-state index is 12.6. The van der Waals surface area contributed by atoms with E-state index in [0.717, 1.165) is 24.8 Å². The van der Waals surface area contributed by atoms with E-state index < -0.39 is 10.0 Å².